The molecule has 0 aliphatic heterocycles. The summed E-state index contributed by atoms with van der Waals surface area (Å²) in [5.74, 6) is -0.213. The van der Waals surface area contributed by atoms with Crippen molar-refractivity contribution in [2.24, 2.45) is 0 Å². The number of aromatic amines is 1. The van der Waals surface area contributed by atoms with E-state index in [1.165, 1.54) is 10.8 Å². The molecule has 152 valence electrons. The number of anilines is 1. The van der Waals surface area contributed by atoms with E-state index >= 15 is 0 Å². The molecule has 0 bridgehead atoms. The third-order valence-electron chi connectivity index (χ3n) is 4.31. The predicted molar refractivity (Wildman–Crippen MR) is 120 cm³/mol. The molecule has 0 saturated carbocycles. The van der Waals surface area contributed by atoms with E-state index in [4.69, 9.17) is 23.2 Å². The average Bonchev–Trinajstić information content (AvgIpc) is 3.18. The van der Waals surface area contributed by atoms with E-state index < -0.39 is 0 Å². The summed E-state index contributed by atoms with van der Waals surface area (Å²) in [5, 5.41) is 11.1. The van der Waals surface area contributed by atoms with Gasteiger partial charge < -0.3 is 5.32 Å². The quantitative estimate of drug-likeness (QED) is 0.339. The summed E-state index contributed by atoms with van der Waals surface area (Å²) in [7, 11) is 0. The first-order valence-electron chi connectivity index (χ1n) is 8.83. The molecular weight excluding hydrogens is 445 g/mol. The maximum atomic E-state index is 13.0. The lowest BCUT2D eigenvalue weighted by molar-refractivity contribution is -0.113. The van der Waals surface area contributed by atoms with Crippen molar-refractivity contribution in [2.45, 2.75) is 12.1 Å². The summed E-state index contributed by atoms with van der Waals surface area (Å²) >= 11 is 13.3. The lowest BCUT2D eigenvalue weighted by Gasteiger charge is -2.12. The molecule has 0 spiro atoms. The number of nitrogens with one attached hydrogen (secondary N) is 2. The standard InChI is InChI=1S/C20H15Cl2N5O2S/c1-11-5-6-13(8-16(11)22)24-17(28)10-30-20-25-18-15(9-23-26-18)19(29)27(20)14-4-2-3-12(21)7-14/h2-9H,10H2,1H3,(H,23,26)(H,24,28). The maximum absolute atomic E-state index is 13.0. The molecule has 4 aromatic rings. The van der Waals surface area contributed by atoms with Gasteiger partial charge in [0.25, 0.3) is 5.56 Å². The number of amides is 1. The molecule has 0 unspecified atom stereocenters. The Hall–Kier alpha value is -2.81. The van der Waals surface area contributed by atoms with Crippen LogP contribution in [0.25, 0.3) is 16.7 Å². The van der Waals surface area contributed by atoms with Crippen molar-refractivity contribution in [3.05, 3.63) is 74.6 Å². The normalized spacial score (nSPS) is 11.0. The SMILES string of the molecule is Cc1ccc(NC(=O)CSc2nc3[nH]ncc3c(=O)n2-c2cccc(Cl)c2)cc1Cl. The molecule has 0 fully saturated rings. The number of carbonyl (C=O) groups excluding carboxylic acids is 1. The van der Waals surface area contributed by atoms with Crippen LogP contribution in [0.3, 0.4) is 0 Å². The first kappa shape index (κ1) is 20.5. The summed E-state index contributed by atoms with van der Waals surface area (Å²) in [6.07, 6.45) is 1.42. The van der Waals surface area contributed by atoms with Crippen LogP contribution in [-0.2, 0) is 4.79 Å². The molecule has 0 radical (unpaired) electrons. The van der Waals surface area contributed by atoms with Gasteiger partial charge in [-0.25, -0.2) is 4.98 Å². The zero-order valence-electron chi connectivity index (χ0n) is 15.6. The van der Waals surface area contributed by atoms with Gasteiger partial charge in [-0.15, -0.1) is 0 Å². The molecule has 7 nitrogen and oxygen atoms in total. The summed E-state index contributed by atoms with van der Waals surface area (Å²) in [6.45, 7) is 1.89. The van der Waals surface area contributed by atoms with Crippen LogP contribution in [-0.4, -0.2) is 31.4 Å². The van der Waals surface area contributed by atoms with Crippen LogP contribution in [0.4, 0.5) is 5.69 Å². The molecule has 4 rings (SSSR count). The minimum absolute atomic E-state index is 0.0398. The predicted octanol–water partition coefficient (Wildman–Crippen LogP) is 4.45. The van der Waals surface area contributed by atoms with Gasteiger partial charge in [-0.1, -0.05) is 47.1 Å². The van der Waals surface area contributed by atoms with Gasteiger partial charge in [0.1, 0.15) is 5.39 Å². The van der Waals surface area contributed by atoms with Crippen molar-refractivity contribution in [1.82, 2.24) is 19.7 Å². The van der Waals surface area contributed by atoms with Gasteiger partial charge in [0.2, 0.25) is 5.91 Å². The van der Waals surface area contributed by atoms with E-state index in [0.29, 0.717) is 37.6 Å². The van der Waals surface area contributed by atoms with Crippen molar-refractivity contribution >= 4 is 57.6 Å². The fourth-order valence-corrected chi connectivity index (χ4v) is 3.98. The molecule has 1 amide bonds. The summed E-state index contributed by atoms with van der Waals surface area (Å²) < 4.78 is 1.42. The average molecular weight is 460 g/mol. The highest BCUT2D eigenvalue weighted by molar-refractivity contribution is 7.99. The Balaban J connectivity index is 1.63. The number of nitrogens with zero attached hydrogens (tertiary/aromatic N) is 3. The second-order valence-corrected chi connectivity index (χ2v) is 8.23. The molecule has 2 heterocycles. The Morgan fingerprint density at radius 2 is 2.07 bits per heavy atom. The van der Waals surface area contributed by atoms with Crippen LogP contribution >= 0.6 is 35.0 Å². The lowest BCUT2D eigenvalue weighted by atomic mass is 10.2. The minimum Gasteiger partial charge on any atom is -0.325 e. The zero-order valence-corrected chi connectivity index (χ0v) is 18.0. The van der Waals surface area contributed by atoms with Crippen LogP contribution in [0.15, 0.2) is 58.6 Å². The highest BCUT2D eigenvalue weighted by atomic mass is 35.5. The van der Waals surface area contributed by atoms with Gasteiger partial charge in [-0.05, 0) is 42.8 Å². The van der Waals surface area contributed by atoms with Crippen molar-refractivity contribution < 1.29 is 4.79 Å². The monoisotopic (exact) mass is 459 g/mol. The molecule has 30 heavy (non-hydrogen) atoms. The molecular formula is C20H15Cl2N5O2S. The lowest BCUT2D eigenvalue weighted by Crippen LogP contribution is -2.22. The number of rotatable bonds is 5. The number of hydrogen-bond acceptors (Lipinski definition) is 5. The van der Waals surface area contributed by atoms with Crippen molar-refractivity contribution in [3.63, 3.8) is 0 Å². The van der Waals surface area contributed by atoms with E-state index in [2.05, 4.69) is 20.5 Å². The summed E-state index contributed by atoms with van der Waals surface area (Å²) in [4.78, 5) is 29.9. The highest BCUT2D eigenvalue weighted by Crippen LogP contribution is 2.23. The molecule has 2 N–H and O–H groups in total. The topological polar surface area (TPSA) is 92.7 Å². The Labute approximate surface area is 185 Å². The second kappa shape index (κ2) is 8.51. The van der Waals surface area contributed by atoms with Gasteiger partial charge in [-0.3, -0.25) is 19.3 Å². The molecule has 0 aliphatic carbocycles. The Kier molecular flexibility index (Phi) is 5.80. The maximum Gasteiger partial charge on any atom is 0.269 e. The van der Waals surface area contributed by atoms with Gasteiger partial charge >= 0.3 is 0 Å². The molecule has 0 atom stereocenters. The molecule has 0 saturated heterocycles. The fraction of sp³-hybridized carbons (Fsp3) is 0.100. The first-order valence-corrected chi connectivity index (χ1v) is 10.6. The van der Waals surface area contributed by atoms with Crippen LogP contribution in [0, 0.1) is 6.92 Å². The van der Waals surface area contributed by atoms with Crippen LogP contribution < -0.4 is 10.9 Å². The van der Waals surface area contributed by atoms with Gasteiger partial charge in [-0.2, -0.15) is 5.10 Å². The first-order chi connectivity index (χ1) is 14.4. The van der Waals surface area contributed by atoms with E-state index in [0.717, 1.165) is 17.3 Å². The number of aryl methyl sites for hydroxylation is 1. The van der Waals surface area contributed by atoms with Gasteiger partial charge in [0.15, 0.2) is 10.8 Å². The van der Waals surface area contributed by atoms with Crippen molar-refractivity contribution in [3.8, 4) is 5.69 Å². The van der Waals surface area contributed by atoms with E-state index in [1.54, 1.807) is 36.4 Å². The van der Waals surface area contributed by atoms with Crippen molar-refractivity contribution in [2.75, 3.05) is 11.1 Å². The summed E-state index contributed by atoms with van der Waals surface area (Å²) in [6, 6.07) is 12.2. The van der Waals surface area contributed by atoms with E-state index in [-0.39, 0.29) is 17.2 Å². The smallest absolute Gasteiger partial charge is 0.269 e. The molecule has 2 aromatic carbocycles. The molecule has 10 heteroatoms. The third kappa shape index (κ3) is 4.21. The largest absolute Gasteiger partial charge is 0.325 e. The van der Waals surface area contributed by atoms with Crippen LogP contribution in [0.5, 0.6) is 0 Å². The number of hydrogen-bond donors (Lipinski definition) is 2. The third-order valence-corrected chi connectivity index (χ3v) is 5.89. The number of halogens is 2. The van der Waals surface area contributed by atoms with Crippen molar-refractivity contribution in [1.29, 1.82) is 0 Å². The van der Waals surface area contributed by atoms with Gasteiger partial charge in [0.05, 0.1) is 17.6 Å². The van der Waals surface area contributed by atoms with Gasteiger partial charge in [0, 0.05) is 15.7 Å². The summed E-state index contributed by atoms with van der Waals surface area (Å²) in [5.41, 5.74) is 2.12. The number of fused-ring (bicyclic) bond motifs is 1. The minimum atomic E-state index is -0.302. The number of thioether (sulfide) groups is 1. The Morgan fingerprint density at radius 3 is 2.83 bits per heavy atom. The second-order valence-electron chi connectivity index (χ2n) is 6.45. The van der Waals surface area contributed by atoms with E-state index in [1.807, 2.05) is 13.0 Å². The molecule has 0 aliphatic rings. The van der Waals surface area contributed by atoms with Crippen LogP contribution in [0.1, 0.15) is 5.56 Å². The Morgan fingerprint density at radius 1 is 1.23 bits per heavy atom. The number of H-pyrrole nitrogens is 1. The Bertz CT molecular complexity index is 1320. The fourth-order valence-electron chi connectivity index (χ4n) is 2.81. The number of carbonyl (C=O) groups is 1. The molecule has 2 aromatic heterocycles. The number of benzene rings is 2. The zero-order chi connectivity index (χ0) is 21.3. The van der Waals surface area contributed by atoms with Crippen LogP contribution in [0.2, 0.25) is 10.0 Å². The number of aromatic nitrogens is 4. The van der Waals surface area contributed by atoms with E-state index in [9.17, 15) is 9.59 Å². The highest BCUT2D eigenvalue weighted by Gasteiger charge is 2.16.